The minimum atomic E-state index is -3.47. The molecular weight excluding hydrogens is 404 g/mol. The van der Waals surface area contributed by atoms with Gasteiger partial charge in [-0.25, -0.2) is 13.2 Å². The van der Waals surface area contributed by atoms with E-state index >= 15 is 0 Å². The molecule has 0 spiro atoms. The van der Waals surface area contributed by atoms with E-state index in [4.69, 9.17) is 4.74 Å². The molecule has 2 aromatic rings. The van der Waals surface area contributed by atoms with Gasteiger partial charge in [-0.05, 0) is 43.2 Å². The number of sulfone groups is 1. The fourth-order valence-corrected chi connectivity index (χ4v) is 5.70. The number of rotatable bonds is 8. The van der Waals surface area contributed by atoms with E-state index < -0.39 is 15.8 Å². The molecule has 0 amide bonds. The predicted octanol–water partition coefficient (Wildman–Crippen LogP) is 4.45. The summed E-state index contributed by atoms with van der Waals surface area (Å²) in [6.45, 7) is 2.09. The molecule has 1 fully saturated rings. The molecule has 0 bridgehead atoms. The van der Waals surface area contributed by atoms with Crippen molar-refractivity contribution >= 4 is 15.8 Å². The molecule has 0 heterocycles. The zero-order valence-electron chi connectivity index (χ0n) is 17.1. The van der Waals surface area contributed by atoms with Crippen molar-refractivity contribution in [2.75, 3.05) is 12.4 Å². The second-order valence-electron chi connectivity index (χ2n) is 8.05. The van der Waals surface area contributed by atoms with E-state index in [1.54, 1.807) is 24.3 Å². The largest absolute Gasteiger partial charge is 0.507 e. The maximum Gasteiger partial charge on any atom is 0.339 e. The molecule has 1 aliphatic carbocycles. The van der Waals surface area contributed by atoms with Crippen LogP contribution in [0.2, 0.25) is 0 Å². The minimum absolute atomic E-state index is 0.00933. The third-order valence-corrected chi connectivity index (χ3v) is 7.65. The quantitative estimate of drug-likeness (QED) is 0.639. The number of hydrogen-bond acceptors (Lipinski definition) is 5. The number of carboxylic acid groups (broad SMARTS) is 1. The molecule has 162 valence electrons. The van der Waals surface area contributed by atoms with E-state index in [9.17, 15) is 23.4 Å². The highest BCUT2D eigenvalue weighted by molar-refractivity contribution is 7.91. The van der Waals surface area contributed by atoms with Crippen LogP contribution in [0, 0.1) is 18.8 Å². The van der Waals surface area contributed by atoms with Crippen LogP contribution in [0.25, 0.3) is 0 Å². The highest BCUT2D eigenvalue weighted by Gasteiger charge is 2.30. The number of benzene rings is 2. The lowest BCUT2D eigenvalue weighted by atomic mass is 9.81. The molecule has 1 saturated carbocycles. The van der Waals surface area contributed by atoms with Gasteiger partial charge in [-0.2, -0.15) is 0 Å². The van der Waals surface area contributed by atoms with Gasteiger partial charge < -0.3 is 14.9 Å². The molecule has 6 nitrogen and oxygen atoms in total. The van der Waals surface area contributed by atoms with Crippen molar-refractivity contribution in [3.8, 4) is 11.5 Å². The number of aryl methyl sites for hydroxylation is 1. The van der Waals surface area contributed by atoms with Gasteiger partial charge in [-0.15, -0.1) is 0 Å². The van der Waals surface area contributed by atoms with Gasteiger partial charge in [0.15, 0.2) is 9.84 Å². The number of aromatic hydroxyl groups is 1. The van der Waals surface area contributed by atoms with Gasteiger partial charge in [-0.1, -0.05) is 49.8 Å². The molecule has 1 unspecified atom stereocenters. The van der Waals surface area contributed by atoms with Gasteiger partial charge >= 0.3 is 5.97 Å². The molecule has 1 aliphatic rings. The van der Waals surface area contributed by atoms with E-state index in [1.807, 2.05) is 6.92 Å². The Labute approximate surface area is 177 Å². The van der Waals surface area contributed by atoms with Crippen molar-refractivity contribution < 1.29 is 28.2 Å². The second kappa shape index (κ2) is 9.51. The van der Waals surface area contributed by atoms with Crippen LogP contribution in [0.5, 0.6) is 11.5 Å². The van der Waals surface area contributed by atoms with E-state index in [0.717, 1.165) is 37.7 Å². The molecule has 2 aromatic carbocycles. The average Bonchev–Trinajstić information content (AvgIpc) is 2.72. The highest BCUT2D eigenvalue weighted by atomic mass is 32.2. The van der Waals surface area contributed by atoms with Crippen LogP contribution in [0.15, 0.2) is 47.4 Å². The molecule has 2 N–H and O–H groups in total. The summed E-state index contributed by atoms with van der Waals surface area (Å²) in [5.41, 5.74) is 0.761. The van der Waals surface area contributed by atoms with Gasteiger partial charge in [0.1, 0.15) is 17.1 Å². The summed E-state index contributed by atoms with van der Waals surface area (Å²) in [6, 6.07) is 10.9. The van der Waals surface area contributed by atoms with Gasteiger partial charge in [-0.3, -0.25) is 0 Å². The molecule has 30 heavy (non-hydrogen) atoms. The van der Waals surface area contributed by atoms with E-state index in [0.29, 0.717) is 10.6 Å². The Hall–Kier alpha value is -2.54. The van der Waals surface area contributed by atoms with Crippen LogP contribution in [0.4, 0.5) is 0 Å². The zero-order chi connectivity index (χ0) is 21.7. The fourth-order valence-electron chi connectivity index (χ4n) is 4.03. The summed E-state index contributed by atoms with van der Waals surface area (Å²) in [6.07, 6.45) is 5.25. The van der Waals surface area contributed by atoms with Crippen molar-refractivity contribution in [3.63, 3.8) is 0 Å². The number of aromatic carboxylic acids is 1. The first kappa shape index (κ1) is 22.2. The number of carbonyl (C=O) groups is 1. The molecule has 1 atom stereocenters. The van der Waals surface area contributed by atoms with Crippen LogP contribution in [0.3, 0.4) is 0 Å². The van der Waals surface area contributed by atoms with Crippen molar-refractivity contribution in [2.24, 2.45) is 11.8 Å². The fraction of sp³-hybridized carbons (Fsp3) is 0.435. The Morgan fingerprint density at radius 2 is 1.77 bits per heavy atom. The van der Waals surface area contributed by atoms with Crippen LogP contribution >= 0.6 is 0 Å². The molecule has 3 rings (SSSR count). The summed E-state index contributed by atoms with van der Waals surface area (Å²) in [7, 11) is -3.47. The lowest BCUT2D eigenvalue weighted by Gasteiger charge is -2.30. The number of ether oxygens (including phenoxy) is 1. The van der Waals surface area contributed by atoms with E-state index in [-0.39, 0.29) is 35.5 Å². The van der Waals surface area contributed by atoms with Gasteiger partial charge in [0, 0.05) is 5.92 Å². The number of hydrogen-bond donors (Lipinski definition) is 2. The SMILES string of the molecule is Cc1ccc(S(=O)(=O)CC(COc2ccc(O)c(C(=O)O)c2)C2CCCCC2)cc1. The molecule has 0 radical (unpaired) electrons. The van der Waals surface area contributed by atoms with Crippen LogP contribution in [0.1, 0.15) is 48.0 Å². The minimum Gasteiger partial charge on any atom is -0.507 e. The van der Waals surface area contributed by atoms with Crippen LogP contribution in [-0.2, 0) is 9.84 Å². The number of phenols is 1. The Morgan fingerprint density at radius 3 is 2.40 bits per heavy atom. The molecule has 0 aromatic heterocycles. The molecule has 0 saturated heterocycles. The first-order valence-electron chi connectivity index (χ1n) is 10.2. The lowest BCUT2D eigenvalue weighted by Crippen LogP contribution is -2.30. The second-order valence-corrected chi connectivity index (χ2v) is 10.1. The Kier molecular flexibility index (Phi) is 7.02. The summed E-state index contributed by atoms with van der Waals surface area (Å²) >= 11 is 0. The molecule has 7 heteroatoms. The smallest absolute Gasteiger partial charge is 0.339 e. The van der Waals surface area contributed by atoms with Crippen molar-refractivity contribution in [1.29, 1.82) is 0 Å². The normalized spacial score (nSPS) is 16.2. The van der Waals surface area contributed by atoms with Crippen molar-refractivity contribution in [2.45, 2.75) is 43.9 Å². The van der Waals surface area contributed by atoms with Gasteiger partial charge in [0.05, 0.1) is 17.3 Å². The van der Waals surface area contributed by atoms with Crippen molar-refractivity contribution in [1.82, 2.24) is 0 Å². The summed E-state index contributed by atoms with van der Waals surface area (Å²) in [4.78, 5) is 11.5. The number of carboxylic acids is 1. The van der Waals surface area contributed by atoms with Gasteiger partial charge in [0.25, 0.3) is 0 Å². The maximum absolute atomic E-state index is 13.0. The summed E-state index contributed by atoms with van der Waals surface area (Å²) in [5, 5.41) is 18.8. The van der Waals surface area contributed by atoms with Crippen LogP contribution in [-0.4, -0.2) is 37.0 Å². The maximum atomic E-state index is 13.0. The van der Waals surface area contributed by atoms with Gasteiger partial charge in [0.2, 0.25) is 0 Å². The summed E-state index contributed by atoms with van der Waals surface area (Å²) in [5.74, 6) is -1.23. The first-order valence-corrected chi connectivity index (χ1v) is 11.9. The molecular formula is C23H28O6S. The monoisotopic (exact) mass is 432 g/mol. The Balaban J connectivity index is 1.78. The van der Waals surface area contributed by atoms with Crippen molar-refractivity contribution in [3.05, 3.63) is 53.6 Å². The third kappa shape index (κ3) is 5.53. The first-order chi connectivity index (χ1) is 14.3. The summed E-state index contributed by atoms with van der Waals surface area (Å²) < 4.78 is 31.9. The lowest BCUT2D eigenvalue weighted by molar-refractivity contribution is 0.0693. The topological polar surface area (TPSA) is 101 Å². The average molecular weight is 433 g/mol. The highest BCUT2D eigenvalue weighted by Crippen LogP contribution is 2.33. The predicted molar refractivity (Wildman–Crippen MR) is 114 cm³/mol. The van der Waals surface area contributed by atoms with E-state index in [2.05, 4.69) is 0 Å². The molecule has 0 aliphatic heterocycles. The third-order valence-electron chi connectivity index (χ3n) is 5.79. The Bertz CT molecular complexity index is 975. The zero-order valence-corrected chi connectivity index (χ0v) is 17.9. The van der Waals surface area contributed by atoms with E-state index in [1.165, 1.54) is 18.2 Å². The van der Waals surface area contributed by atoms with Crippen LogP contribution < -0.4 is 4.74 Å². The standard InChI is InChI=1S/C23H28O6S/c1-16-7-10-20(11-8-16)30(27,28)15-18(17-5-3-2-4-6-17)14-29-19-9-12-22(24)21(13-19)23(25)26/h7-13,17-18,24H,2-6,14-15H2,1H3,(H,25,26). The Morgan fingerprint density at radius 1 is 1.10 bits per heavy atom.